The average Bonchev–Trinajstić information content (AvgIpc) is 2.47. The van der Waals surface area contributed by atoms with Gasteiger partial charge in [0.15, 0.2) is 0 Å². The summed E-state index contributed by atoms with van der Waals surface area (Å²) in [4.78, 5) is 0. The average molecular weight is 206 g/mol. The molecule has 1 aromatic heterocycles. The van der Waals surface area contributed by atoms with Crippen molar-refractivity contribution in [3.05, 3.63) is 41.3 Å². The molecule has 0 saturated carbocycles. The number of benzene rings is 1. The second kappa shape index (κ2) is 3.31. The summed E-state index contributed by atoms with van der Waals surface area (Å²) in [6.45, 7) is 0. The fourth-order valence-electron chi connectivity index (χ4n) is 1.35. The predicted molar refractivity (Wildman–Crippen MR) is 56.9 cm³/mol. The van der Waals surface area contributed by atoms with Crippen molar-refractivity contribution in [1.29, 1.82) is 0 Å². The van der Waals surface area contributed by atoms with Crippen LogP contribution in [-0.4, -0.2) is 14.5 Å². The molecule has 0 aliphatic carbocycles. The van der Waals surface area contributed by atoms with E-state index < -0.39 is 0 Å². The van der Waals surface area contributed by atoms with Crippen LogP contribution < -0.4 is 0 Å². The van der Waals surface area contributed by atoms with E-state index in [1.165, 1.54) is 0 Å². The second-order valence-electron chi connectivity index (χ2n) is 3.09. The van der Waals surface area contributed by atoms with E-state index in [1.807, 2.05) is 37.4 Å². The molecule has 0 bridgehead atoms. The summed E-state index contributed by atoms with van der Waals surface area (Å²) in [6.07, 6.45) is 1.80. The van der Waals surface area contributed by atoms with Gasteiger partial charge in [-0.2, -0.15) is 4.73 Å². The smallest absolute Gasteiger partial charge is 0.214 e. The van der Waals surface area contributed by atoms with Gasteiger partial charge >= 0.3 is 0 Å². The minimum absolute atomic E-state index is 0.392. The van der Waals surface area contributed by atoms with Crippen molar-refractivity contribution < 1.29 is 5.21 Å². The van der Waals surface area contributed by atoms with Crippen molar-refractivity contribution in [2.24, 2.45) is 7.05 Å². The zero-order valence-corrected chi connectivity index (χ0v) is 8.53. The van der Waals surface area contributed by atoms with Gasteiger partial charge in [0.1, 0.15) is 5.69 Å². The van der Waals surface area contributed by atoms with Crippen LogP contribution >= 0.6 is 12.2 Å². The fraction of sp³-hybridized carbons (Fsp3) is 0.100. The van der Waals surface area contributed by atoms with E-state index in [0.29, 0.717) is 10.5 Å². The highest BCUT2D eigenvalue weighted by molar-refractivity contribution is 7.71. The predicted octanol–water partition coefficient (Wildman–Crippen LogP) is 2.46. The molecular formula is C10H10N2OS. The molecule has 0 spiro atoms. The lowest BCUT2D eigenvalue weighted by Gasteiger charge is -1.98. The highest BCUT2D eigenvalue weighted by Gasteiger charge is 2.06. The summed E-state index contributed by atoms with van der Waals surface area (Å²) in [6, 6.07) is 9.63. The summed E-state index contributed by atoms with van der Waals surface area (Å²) >= 11 is 4.99. The molecule has 4 heteroatoms. The topological polar surface area (TPSA) is 30.1 Å². The Kier molecular flexibility index (Phi) is 2.13. The maximum Gasteiger partial charge on any atom is 0.214 e. The van der Waals surface area contributed by atoms with Gasteiger partial charge in [0.05, 0.1) is 0 Å². The largest absolute Gasteiger partial charge is 0.426 e. The van der Waals surface area contributed by atoms with Gasteiger partial charge in [-0.3, -0.25) is 0 Å². The van der Waals surface area contributed by atoms with Crippen LogP contribution in [0.2, 0.25) is 0 Å². The molecule has 1 heterocycles. The first-order valence-electron chi connectivity index (χ1n) is 4.23. The molecule has 14 heavy (non-hydrogen) atoms. The number of rotatable bonds is 1. The summed E-state index contributed by atoms with van der Waals surface area (Å²) in [5, 5.41) is 9.66. The van der Waals surface area contributed by atoms with E-state index in [1.54, 1.807) is 10.8 Å². The van der Waals surface area contributed by atoms with Crippen molar-refractivity contribution in [1.82, 2.24) is 9.30 Å². The Balaban J connectivity index is 2.64. The van der Waals surface area contributed by atoms with Crippen LogP contribution in [0.3, 0.4) is 0 Å². The number of nitrogens with zero attached hydrogens (tertiary/aromatic N) is 2. The molecule has 72 valence electrons. The maximum atomic E-state index is 9.66. The first-order valence-corrected chi connectivity index (χ1v) is 4.64. The highest BCUT2D eigenvalue weighted by atomic mass is 32.1. The third-order valence-corrected chi connectivity index (χ3v) is 2.56. The molecular weight excluding hydrogens is 196 g/mol. The van der Waals surface area contributed by atoms with Crippen LogP contribution in [0.25, 0.3) is 11.3 Å². The second-order valence-corrected chi connectivity index (χ2v) is 3.45. The fourth-order valence-corrected chi connectivity index (χ4v) is 1.50. The van der Waals surface area contributed by atoms with E-state index in [2.05, 4.69) is 0 Å². The maximum absolute atomic E-state index is 9.66. The van der Waals surface area contributed by atoms with Crippen LogP contribution in [0, 0.1) is 4.77 Å². The summed E-state index contributed by atoms with van der Waals surface area (Å²) < 4.78 is 3.12. The Hall–Kier alpha value is -1.55. The van der Waals surface area contributed by atoms with Crippen LogP contribution in [0.1, 0.15) is 0 Å². The molecule has 0 radical (unpaired) electrons. The quantitative estimate of drug-likeness (QED) is 0.574. The molecule has 1 aromatic carbocycles. The van der Waals surface area contributed by atoms with Crippen LogP contribution in [0.5, 0.6) is 0 Å². The van der Waals surface area contributed by atoms with Gasteiger partial charge in [0.2, 0.25) is 4.77 Å². The molecule has 0 aliphatic rings. The normalized spacial score (nSPS) is 10.4. The van der Waals surface area contributed by atoms with E-state index >= 15 is 0 Å². The molecule has 0 amide bonds. The van der Waals surface area contributed by atoms with Gasteiger partial charge < -0.3 is 9.77 Å². The summed E-state index contributed by atoms with van der Waals surface area (Å²) in [5.41, 5.74) is 1.65. The van der Waals surface area contributed by atoms with Crippen molar-refractivity contribution >= 4 is 12.2 Å². The monoisotopic (exact) mass is 206 g/mol. The van der Waals surface area contributed by atoms with Gasteiger partial charge in [-0.05, 0) is 12.2 Å². The van der Waals surface area contributed by atoms with Gasteiger partial charge in [-0.15, -0.1) is 0 Å². The minimum Gasteiger partial charge on any atom is -0.426 e. The van der Waals surface area contributed by atoms with E-state index in [4.69, 9.17) is 12.2 Å². The molecule has 0 aliphatic heterocycles. The van der Waals surface area contributed by atoms with Crippen molar-refractivity contribution in [3.8, 4) is 11.3 Å². The Bertz CT molecular complexity index is 499. The third kappa shape index (κ3) is 1.33. The standard InChI is InChI=1S/C10H10N2OS/c1-11-7-9(12(13)10(11)14)8-5-3-2-4-6-8/h2-7,13H,1H3. The van der Waals surface area contributed by atoms with Crippen molar-refractivity contribution in [3.63, 3.8) is 0 Å². The van der Waals surface area contributed by atoms with Gasteiger partial charge in [-0.1, -0.05) is 30.3 Å². The Morgan fingerprint density at radius 1 is 1.21 bits per heavy atom. The van der Waals surface area contributed by atoms with Crippen molar-refractivity contribution in [2.45, 2.75) is 0 Å². The Labute approximate surface area is 86.8 Å². The van der Waals surface area contributed by atoms with Crippen molar-refractivity contribution in [2.75, 3.05) is 0 Å². The van der Waals surface area contributed by atoms with Gasteiger partial charge in [-0.25, -0.2) is 0 Å². The molecule has 0 saturated heterocycles. The Morgan fingerprint density at radius 2 is 1.86 bits per heavy atom. The molecule has 0 unspecified atom stereocenters. The van der Waals surface area contributed by atoms with Gasteiger partial charge in [0.25, 0.3) is 0 Å². The summed E-state index contributed by atoms with van der Waals surface area (Å²) in [7, 11) is 1.81. The molecule has 3 nitrogen and oxygen atoms in total. The zero-order valence-electron chi connectivity index (χ0n) is 7.71. The zero-order chi connectivity index (χ0) is 10.1. The highest BCUT2D eigenvalue weighted by Crippen LogP contribution is 2.18. The first-order chi connectivity index (χ1) is 6.70. The lowest BCUT2D eigenvalue weighted by atomic mass is 10.2. The van der Waals surface area contributed by atoms with Crippen LogP contribution in [-0.2, 0) is 7.05 Å². The van der Waals surface area contributed by atoms with E-state index in [0.717, 1.165) is 10.3 Å². The summed E-state index contributed by atoms with van der Waals surface area (Å²) in [5.74, 6) is 0. The minimum atomic E-state index is 0.392. The molecule has 2 rings (SSSR count). The number of aromatic nitrogens is 2. The van der Waals surface area contributed by atoms with Gasteiger partial charge in [0, 0.05) is 18.8 Å². The lowest BCUT2D eigenvalue weighted by molar-refractivity contribution is 0.184. The first kappa shape index (κ1) is 9.02. The Morgan fingerprint density at radius 3 is 2.36 bits per heavy atom. The van der Waals surface area contributed by atoms with Crippen LogP contribution in [0.4, 0.5) is 0 Å². The number of imidazole rings is 1. The number of aryl methyl sites for hydroxylation is 1. The third-order valence-electron chi connectivity index (χ3n) is 2.10. The van der Waals surface area contributed by atoms with Crippen LogP contribution in [0.15, 0.2) is 36.5 Å². The lowest BCUT2D eigenvalue weighted by Crippen LogP contribution is -1.94. The molecule has 1 N–H and O–H groups in total. The number of hydrogen-bond acceptors (Lipinski definition) is 2. The molecule has 0 fully saturated rings. The van der Waals surface area contributed by atoms with E-state index in [9.17, 15) is 5.21 Å². The SMILES string of the molecule is Cn1cc(-c2ccccc2)n(O)c1=S. The van der Waals surface area contributed by atoms with E-state index in [-0.39, 0.29) is 0 Å². The molecule has 0 atom stereocenters. The molecule has 2 aromatic rings. The number of hydrogen-bond donors (Lipinski definition) is 1.